The molecule has 3 aromatic rings. The Morgan fingerprint density at radius 2 is 1.96 bits per heavy atom. The first-order valence-electron chi connectivity index (χ1n) is 9.82. The number of hydrogen-bond donors (Lipinski definition) is 0. The lowest BCUT2D eigenvalue weighted by molar-refractivity contribution is 0.413. The molecule has 0 saturated heterocycles. The summed E-state index contributed by atoms with van der Waals surface area (Å²) in [5.41, 5.74) is 3.62. The molecule has 27 heavy (non-hydrogen) atoms. The van der Waals surface area contributed by atoms with Crippen molar-refractivity contribution in [2.75, 3.05) is 0 Å². The molecule has 0 spiro atoms. The SMILES string of the molecule is CCn1c(SCc2csc(-c3ccccc3C)n2)nnc1C1CCCCC1. The van der Waals surface area contributed by atoms with E-state index in [4.69, 9.17) is 4.98 Å². The lowest BCUT2D eigenvalue weighted by Gasteiger charge is -2.21. The van der Waals surface area contributed by atoms with Gasteiger partial charge in [-0.3, -0.25) is 0 Å². The van der Waals surface area contributed by atoms with Crippen molar-refractivity contribution in [3.63, 3.8) is 0 Å². The molecule has 1 aliphatic carbocycles. The van der Waals surface area contributed by atoms with Crippen molar-refractivity contribution in [3.8, 4) is 10.6 Å². The van der Waals surface area contributed by atoms with Crippen LogP contribution in [0.25, 0.3) is 10.6 Å². The fourth-order valence-corrected chi connectivity index (χ4v) is 5.73. The molecule has 0 N–H and O–H groups in total. The van der Waals surface area contributed by atoms with E-state index in [9.17, 15) is 0 Å². The summed E-state index contributed by atoms with van der Waals surface area (Å²) in [4.78, 5) is 4.85. The average molecular weight is 399 g/mol. The molecule has 6 heteroatoms. The van der Waals surface area contributed by atoms with Gasteiger partial charge in [0.15, 0.2) is 5.16 Å². The smallest absolute Gasteiger partial charge is 0.191 e. The van der Waals surface area contributed by atoms with E-state index in [0.717, 1.165) is 28.2 Å². The number of aryl methyl sites for hydroxylation is 1. The summed E-state index contributed by atoms with van der Waals surface area (Å²) in [7, 11) is 0. The fourth-order valence-electron chi connectivity index (χ4n) is 3.82. The van der Waals surface area contributed by atoms with Crippen LogP contribution in [0.5, 0.6) is 0 Å². The Kier molecular flexibility index (Phi) is 5.93. The molecule has 4 nitrogen and oxygen atoms in total. The van der Waals surface area contributed by atoms with E-state index < -0.39 is 0 Å². The van der Waals surface area contributed by atoms with E-state index in [-0.39, 0.29) is 0 Å². The molecule has 0 unspecified atom stereocenters. The Bertz CT molecular complexity index is 893. The van der Waals surface area contributed by atoms with Crippen LogP contribution in [0.4, 0.5) is 0 Å². The summed E-state index contributed by atoms with van der Waals surface area (Å²) in [6.07, 6.45) is 6.53. The van der Waals surface area contributed by atoms with Crippen LogP contribution in [0.2, 0.25) is 0 Å². The highest BCUT2D eigenvalue weighted by atomic mass is 32.2. The van der Waals surface area contributed by atoms with Crippen molar-refractivity contribution in [1.82, 2.24) is 19.7 Å². The van der Waals surface area contributed by atoms with Gasteiger partial charge in [0.2, 0.25) is 0 Å². The molecule has 1 fully saturated rings. The maximum atomic E-state index is 4.85. The van der Waals surface area contributed by atoms with Gasteiger partial charge in [0.1, 0.15) is 10.8 Å². The first-order valence-corrected chi connectivity index (χ1v) is 11.7. The second-order valence-electron chi connectivity index (χ2n) is 7.17. The molecule has 0 amide bonds. The quantitative estimate of drug-likeness (QED) is 0.473. The number of hydrogen-bond acceptors (Lipinski definition) is 5. The normalized spacial score (nSPS) is 15.3. The zero-order valence-corrected chi connectivity index (χ0v) is 17.7. The predicted octanol–water partition coefficient (Wildman–Crippen LogP) is 6.07. The summed E-state index contributed by atoms with van der Waals surface area (Å²) in [5.74, 6) is 2.62. The largest absolute Gasteiger partial charge is 0.306 e. The molecule has 0 bridgehead atoms. The van der Waals surface area contributed by atoms with E-state index in [2.05, 4.69) is 58.3 Å². The molecule has 1 aromatic carbocycles. The van der Waals surface area contributed by atoms with Crippen LogP contribution in [0.15, 0.2) is 34.8 Å². The lowest BCUT2D eigenvalue weighted by atomic mass is 9.89. The van der Waals surface area contributed by atoms with Crippen molar-refractivity contribution >= 4 is 23.1 Å². The number of nitrogens with zero attached hydrogens (tertiary/aromatic N) is 4. The van der Waals surface area contributed by atoms with Crippen LogP contribution in [-0.2, 0) is 12.3 Å². The minimum Gasteiger partial charge on any atom is -0.306 e. The van der Waals surface area contributed by atoms with E-state index in [1.54, 1.807) is 23.1 Å². The standard InChI is InChI=1S/C21H26N4S2/c1-3-25-19(16-10-5-4-6-11-16)23-24-21(25)27-14-17-13-26-20(22-17)18-12-8-7-9-15(18)2/h7-9,12-13,16H,3-6,10-11,14H2,1-2H3. The zero-order chi connectivity index (χ0) is 18.6. The van der Waals surface area contributed by atoms with E-state index in [1.807, 2.05) is 0 Å². The number of thiazole rings is 1. The van der Waals surface area contributed by atoms with Gasteiger partial charge in [-0.05, 0) is 32.3 Å². The summed E-state index contributed by atoms with van der Waals surface area (Å²) in [6, 6.07) is 8.44. The van der Waals surface area contributed by atoms with E-state index >= 15 is 0 Å². The predicted molar refractivity (Wildman–Crippen MR) is 113 cm³/mol. The molecule has 142 valence electrons. The van der Waals surface area contributed by atoms with Crippen molar-refractivity contribution in [1.29, 1.82) is 0 Å². The van der Waals surface area contributed by atoms with Gasteiger partial charge in [-0.15, -0.1) is 21.5 Å². The van der Waals surface area contributed by atoms with Gasteiger partial charge < -0.3 is 4.57 Å². The fraction of sp³-hybridized carbons (Fsp3) is 0.476. The van der Waals surface area contributed by atoms with Gasteiger partial charge in [-0.2, -0.15) is 0 Å². The highest BCUT2D eigenvalue weighted by Gasteiger charge is 2.23. The summed E-state index contributed by atoms with van der Waals surface area (Å²) in [5, 5.41) is 13.4. The molecule has 2 heterocycles. The second-order valence-corrected chi connectivity index (χ2v) is 8.97. The Morgan fingerprint density at radius 1 is 1.15 bits per heavy atom. The molecule has 1 saturated carbocycles. The Balaban J connectivity index is 1.46. The van der Waals surface area contributed by atoms with Crippen LogP contribution in [0.3, 0.4) is 0 Å². The molecule has 1 aliphatic rings. The van der Waals surface area contributed by atoms with Crippen molar-refractivity contribution < 1.29 is 0 Å². The number of thioether (sulfide) groups is 1. The zero-order valence-electron chi connectivity index (χ0n) is 16.0. The van der Waals surface area contributed by atoms with Gasteiger partial charge >= 0.3 is 0 Å². The topological polar surface area (TPSA) is 43.6 Å². The van der Waals surface area contributed by atoms with Gasteiger partial charge in [-0.25, -0.2) is 4.98 Å². The summed E-state index contributed by atoms with van der Waals surface area (Å²) in [6.45, 7) is 5.27. The van der Waals surface area contributed by atoms with Crippen LogP contribution in [-0.4, -0.2) is 19.7 Å². The monoisotopic (exact) mass is 398 g/mol. The molecular formula is C21H26N4S2. The highest BCUT2D eigenvalue weighted by Crippen LogP contribution is 2.34. The molecule has 0 atom stereocenters. The second kappa shape index (κ2) is 8.57. The third-order valence-corrected chi connectivity index (χ3v) is 7.23. The minimum absolute atomic E-state index is 0.590. The maximum absolute atomic E-state index is 4.85. The van der Waals surface area contributed by atoms with Gasteiger partial charge in [0, 0.05) is 29.2 Å². The minimum atomic E-state index is 0.590. The Morgan fingerprint density at radius 3 is 2.74 bits per heavy atom. The molecule has 2 aromatic heterocycles. The lowest BCUT2D eigenvalue weighted by Crippen LogP contribution is -2.12. The molecule has 0 aliphatic heterocycles. The van der Waals surface area contributed by atoms with Crippen LogP contribution < -0.4 is 0 Å². The molecule has 4 rings (SSSR count). The third-order valence-electron chi connectivity index (χ3n) is 5.31. The number of aromatic nitrogens is 4. The third kappa shape index (κ3) is 4.11. The number of rotatable bonds is 6. The summed E-state index contributed by atoms with van der Waals surface area (Å²) < 4.78 is 2.31. The Labute approximate surface area is 169 Å². The summed E-state index contributed by atoms with van der Waals surface area (Å²) >= 11 is 3.48. The maximum Gasteiger partial charge on any atom is 0.191 e. The van der Waals surface area contributed by atoms with Gasteiger partial charge in [0.05, 0.1) is 5.69 Å². The van der Waals surface area contributed by atoms with Crippen molar-refractivity contribution in [3.05, 3.63) is 46.7 Å². The van der Waals surface area contributed by atoms with Crippen LogP contribution in [0.1, 0.15) is 62.0 Å². The molecule has 0 radical (unpaired) electrons. The number of benzene rings is 1. The van der Waals surface area contributed by atoms with Crippen molar-refractivity contribution in [2.24, 2.45) is 0 Å². The molecular weight excluding hydrogens is 372 g/mol. The highest BCUT2D eigenvalue weighted by molar-refractivity contribution is 7.98. The Hall–Kier alpha value is -1.66. The van der Waals surface area contributed by atoms with Crippen LogP contribution >= 0.6 is 23.1 Å². The van der Waals surface area contributed by atoms with Crippen molar-refractivity contribution in [2.45, 2.75) is 69.3 Å². The van der Waals surface area contributed by atoms with E-state index in [1.165, 1.54) is 49.1 Å². The average Bonchev–Trinajstić information content (AvgIpc) is 3.34. The first-order chi connectivity index (χ1) is 13.3. The van der Waals surface area contributed by atoms with Gasteiger partial charge in [0.25, 0.3) is 0 Å². The van der Waals surface area contributed by atoms with Crippen LogP contribution in [0, 0.1) is 6.92 Å². The first kappa shape index (κ1) is 18.7. The van der Waals surface area contributed by atoms with E-state index in [0.29, 0.717) is 5.92 Å². The van der Waals surface area contributed by atoms with Gasteiger partial charge in [-0.1, -0.05) is 55.3 Å².